The van der Waals surface area contributed by atoms with Crippen molar-refractivity contribution in [2.45, 2.75) is 6.54 Å². The first-order chi connectivity index (χ1) is 8.59. The second-order valence-corrected chi connectivity index (χ2v) is 6.59. The lowest BCUT2D eigenvalue weighted by molar-refractivity contribution is -0.120. The monoisotopic (exact) mass is 269 g/mol. The highest BCUT2D eigenvalue weighted by atomic mass is 32.2. The summed E-state index contributed by atoms with van der Waals surface area (Å²) in [6, 6.07) is 7.21. The number of nitrogens with zero attached hydrogens (tertiary/aromatic N) is 1. The van der Waals surface area contributed by atoms with E-state index in [0.717, 1.165) is 12.1 Å². The van der Waals surface area contributed by atoms with Crippen LogP contribution in [-0.2, 0) is 21.2 Å². The molecule has 0 aromatic heterocycles. The first-order valence-electron chi connectivity index (χ1n) is 5.71. The van der Waals surface area contributed by atoms with Crippen LogP contribution in [0, 0.1) is 0 Å². The molecule has 1 aromatic carbocycles. The van der Waals surface area contributed by atoms with Crippen molar-refractivity contribution in [2.75, 3.05) is 24.6 Å². The van der Waals surface area contributed by atoms with Gasteiger partial charge in [-0.3, -0.25) is 9.69 Å². The van der Waals surface area contributed by atoms with Crippen LogP contribution in [0.4, 0.5) is 0 Å². The summed E-state index contributed by atoms with van der Waals surface area (Å²) in [4.78, 5) is 12.3. The van der Waals surface area contributed by atoms with Gasteiger partial charge in [0.05, 0.1) is 11.5 Å². The molecule has 2 rings (SSSR count). The van der Waals surface area contributed by atoms with Gasteiger partial charge in [-0.05, 0) is 17.7 Å². The number of ether oxygens (including phenoxy) is 1. The quantitative estimate of drug-likeness (QED) is 0.743. The van der Waals surface area contributed by atoms with Crippen LogP contribution in [0.25, 0.3) is 0 Å². The number of carbonyl (C=O) groups excluding carboxylic acids is 1. The third-order valence-corrected chi connectivity index (χ3v) is 4.56. The van der Waals surface area contributed by atoms with Gasteiger partial charge in [0, 0.05) is 19.6 Å². The van der Waals surface area contributed by atoms with Crippen LogP contribution in [0.2, 0.25) is 0 Å². The second kappa shape index (κ2) is 5.49. The van der Waals surface area contributed by atoms with Gasteiger partial charge in [0.25, 0.3) is 6.47 Å². The van der Waals surface area contributed by atoms with Crippen molar-refractivity contribution in [3.63, 3.8) is 0 Å². The van der Waals surface area contributed by atoms with Gasteiger partial charge in [-0.25, -0.2) is 8.42 Å². The van der Waals surface area contributed by atoms with E-state index >= 15 is 0 Å². The van der Waals surface area contributed by atoms with Gasteiger partial charge in [0.2, 0.25) is 0 Å². The maximum absolute atomic E-state index is 11.3. The summed E-state index contributed by atoms with van der Waals surface area (Å²) in [7, 11) is -2.82. The fourth-order valence-electron chi connectivity index (χ4n) is 1.90. The lowest BCUT2D eigenvalue weighted by atomic mass is 10.2. The van der Waals surface area contributed by atoms with E-state index in [9.17, 15) is 13.2 Å². The molecule has 1 fully saturated rings. The van der Waals surface area contributed by atoms with Crippen molar-refractivity contribution in [1.29, 1.82) is 0 Å². The molecule has 5 nitrogen and oxygen atoms in total. The van der Waals surface area contributed by atoms with E-state index < -0.39 is 9.84 Å². The largest absolute Gasteiger partial charge is 0.429 e. The molecule has 0 saturated carbocycles. The zero-order valence-electron chi connectivity index (χ0n) is 9.91. The molecule has 0 bridgehead atoms. The smallest absolute Gasteiger partial charge is 0.298 e. The van der Waals surface area contributed by atoms with Crippen molar-refractivity contribution in [3.05, 3.63) is 29.8 Å². The van der Waals surface area contributed by atoms with E-state index in [2.05, 4.69) is 4.90 Å². The maximum Gasteiger partial charge on any atom is 0.298 e. The Balaban J connectivity index is 1.92. The Morgan fingerprint density at radius 2 is 1.78 bits per heavy atom. The van der Waals surface area contributed by atoms with Gasteiger partial charge in [0.1, 0.15) is 5.75 Å². The lowest BCUT2D eigenvalue weighted by Gasteiger charge is -2.26. The molecule has 1 heterocycles. The molecule has 6 heteroatoms. The van der Waals surface area contributed by atoms with Crippen molar-refractivity contribution in [1.82, 2.24) is 4.90 Å². The van der Waals surface area contributed by atoms with Crippen molar-refractivity contribution >= 4 is 16.3 Å². The van der Waals surface area contributed by atoms with Crippen molar-refractivity contribution in [3.8, 4) is 5.75 Å². The normalized spacial score (nSPS) is 19.3. The third kappa shape index (κ3) is 3.54. The molecule has 0 N–H and O–H groups in total. The van der Waals surface area contributed by atoms with Crippen LogP contribution < -0.4 is 4.74 Å². The summed E-state index contributed by atoms with van der Waals surface area (Å²) >= 11 is 0. The molecule has 1 aliphatic heterocycles. The van der Waals surface area contributed by atoms with E-state index in [-0.39, 0.29) is 11.5 Å². The summed E-state index contributed by atoms with van der Waals surface area (Å²) in [6.45, 7) is 2.27. The Labute approximate surface area is 106 Å². The molecule has 1 aliphatic rings. The molecule has 0 atom stereocenters. The summed E-state index contributed by atoms with van der Waals surface area (Å²) in [5.74, 6) is 0.980. The number of hydrogen-bond acceptors (Lipinski definition) is 5. The van der Waals surface area contributed by atoms with E-state index in [0.29, 0.717) is 25.3 Å². The number of benzene rings is 1. The predicted octanol–water partition coefficient (Wildman–Crippen LogP) is 0.452. The van der Waals surface area contributed by atoms with Crippen LogP contribution in [0.1, 0.15) is 5.56 Å². The van der Waals surface area contributed by atoms with Crippen molar-refractivity contribution in [2.24, 2.45) is 0 Å². The van der Waals surface area contributed by atoms with Gasteiger partial charge in [-0.15, -0.1) is 0 Å². The Bertz CT molecular complexity index is 495. The first-order valence-corrected chi connectivity index (χ1v) is 7.53. The van der Waals surface area contributed by atoms with Crippen LogP contribution in [-0.4, -0.2) is 44.4 Å². The summed E-state index contributed by atoms with van der Waals surface area (Å²) in [6.07, 6.45) is 0. The number of carbonyl (C=O) groups is 1. The van der Waals surface area contributed by atoms with E-state index in [1.54, 1.807) is 12.1 Å². The summed E-state index contributed by atoms with van der Waals surface area (Å²) in [5, 5.41) is 0. The first kappa shape index (κ1) is 13.0. The minimum atomic E-state index is -2.82. The van der Waals surface area contributed by atoms with Gasteiger partial charge in [0.15, 0.2) is 9.84 Å². The minimum absolute atomic E-state index is 0.235. The SMILES string of the molecule is O=COc1ccc(CN2CCS(=O)(=O)CC2)cc1. The topological polar surface area (TPSA) is 63.7 Å². The van der Waals surface area contributed by atoms with Crippen LogP contribution in [0.5, 0.6) is 5.75 Å². The highest BCUT2D eigenvalue weighted by Crippen LogP contribution is 2.14. The Kier molecular flexibility index (Phi) is 3.98. The molecule has 0 aliphatic carbocycles. The minimum Gasteiger partial charge on any atom is -0.429 e. The van der Waals surface area contributed by atoms with E-state index in [1.807, 2.05) is 12.1 Å². The number of rotatable bonds is 4. The van der Waals surface area contributed by atoms with Crippen LogP contribution in [0.15, 0.2) is 24.3 Å². The highest BCUT2D eigenvalue weighted by Gasteiger charge is 2.21. The lowest BCUT2D eigenvalue weighted by Crippen LogP contribution is -2.39. The molecular formula is C12H15NO4S. The molecule has 1 saturated heterocycles. The zero-order valence-corrected chi connectivity index (χ0v) is 10.7. The van der Waals surface area contributed by atoms with Gasteiger partial charge >= 0.3 is 0 Å². The summed E-state index contributed by atoms with van der Waals surface area (Å²) in [5.41, 5.74) is 1.08. The third-order valence-electron chi connectivity index (χ3n) is 2.95. The molecule has 0 spiro atoms. The van der Waals surface area contributed by atoms with Gasteiger partial charge in [-0.2, -0.15) is 0 Å². The molecule has 0 radical (unpaired) electrons. The number of sulfone groups is 1. The predicted molar refractivity (Wildman–Crippen MR) is 67.1 cm³/mol. The van der Waals surface area contributed by atoms with Crippen LogP contribution in [0.3, 0.4) is 0 Å². The molecule has 18 heavy (non-hydrogen) atoms. The molecular weight excluding hydrogens is 254 g/mol. The van der Waals surface area contributed by atoms with Crippen LogP contribution >= 0.6 is 0 Å². The Morgan fingerprint density at radius 3 is 2.33 bits per heavy atom. The second-order valence-electron chi connectivity index (χ2n) is 4.29. The van der Waals surface area contributed by atoms with Gasteiger partial charge in [-0.1, -0.05) is 12.1 Å². The average Bonchev–Trinajstić information content (AvgIpc) is 2.35. The molecule has 0 amide bonds. The van der Waals surface area contributed by atoms with Crippen molar-refractivity contribution < 1.29 is 17.9 Å². The molecule has 0 unspecified atom stereocenters. The van der Waals surface area contributed by atoms with Gasteiger partial charge < -0.3 is 4.74 Å². The Morgan fingerprint density at radius 1 is 1.17 bits per heavy atom. The average molecular weight is 269 g/mol. The Hall–Kier alpha value is -1.40. The fraction of sp³-hybridized carbons (Fsp3) is 0.417. The fourth-order valence-corrected chi connectivity index (χ4v) is 3.17. The maximum atomic E-state index is 11.3. The van der Waals surface area contributed by atoms with E-state index in [4.69, 9.17) is 4.74 Å². The molecule has 1 aromatic rings. The zero-order chi connectivity index (χ0) is 13.0. The standard InChI is InChI=1S/C12H15NO4S/c14-10-17-12-3-1-11(2-4-12)9-13-5-7-18(15,16)8-6-13/h1-4,10H,5-9H2. The molecule has 98 valence electrons. The summed E-state index contributed by atoms with van der Waals surface area (Å²) < 4.78 is 27.3. The number of hydrogen-bond donors (Lipinski definition) is 0. The van der Waals surface area contributed by atoms with E-state index in [1.165, 1.54) is 0 Å². The highest BCUT2D eigenvalue weighted by molar-refractivity contribution is 7.91.